The van der Waals surface area contributed by atoms with Gasteiger partial charge in [0, 0.05) is 36.2 Å². The molecule has 11 heteroatoms. The van der Waals surface area contributed by atoms with E-state index in [0.717, 1.165) is 18.3 Å². The summed E-state index contributed by atoms with van der Waals surface area (Å²) < 4.78 is 17.4. The maximum Gasteiger partial charge on any atom is 0.498 e. The maximum atomic E-state index is 12.7. The van der Waals surface area contributed by atoms with Gasteiger partial charge in [-0.15, -0.1) is 0 Å². The number of rotatable bonds is 5. The average Bonchev–Trinajstić information content (AvgIpc) is 2.94. The smallest absolute Gasteiger partial charge is 0.444 e. The normalized spacial score (nSPS) is 21.3. The van der Waals surface area contributed by atoms with Crippen molar-refractivity contribution >= 4 is 36.3 Å². The first-order valence-electron chi connectivity index (χ1n) is 11.8. The molecular formula is C23H37BN4O5S. The summed E-state index contributed by atoms with van der Waals surface area (Å²) >= 11 is 1.62. The molecule has 2 saturated heterocycles. The molecule has 0 bridgehead atoms. The number of nitrogens with zero attached hydrogens (tertiary/aromatic N) is 3. The lowest BCUT2D eigenvalue weighted by atomic mass is 9.81. The molecule has 2 aliphatic rings. The van der Waals surface area contributed by atoms with Gasteiger partial charge in [-0.25, -0.2) is 14.8 Å². The number of carbonyl (C=O) groups excluding carboxylic acids is 2. The summed E-state index contributed by atoms with van der Waals surface area (Å²) in [7, 11) is -0.477. The fourth-order valence-electron chi connectivity index (χ4n) is 3.65. The Hall–Kier alpha value is -1.85. The van der Waals surface area contributed by atoms with Gasteiger partial charge >= 0.3 is 13.2 Å². The van der Waals surface area contributed by atoms with Crippen molar-refractivity contribution in [2.75, 3.05) is 13.1 Å². The third-order valence-electron chi connectivity index (χ3n) is 6.30. The van der Waals surface area contributed by atoms with E-state index >= 15 is 0 Å². The Morgan fingerprint density at radius 2 is 1.68 bits per heavy atom. The van der Waals surface area contributed by atoms with Crippen LogP contribution in [0.15, 0.2) is 17.6 Å². The summed E-state index contributed by atoms with van der Waals surface area (Å²) in [5, 5.41) is 3.64. The molecule has 3 heterocycles. The second-order valence-electron chi connectivity index (χ2n) is 10.9. The van der Waals surface area contributed by atoms with E-state index in [9.17, 15) is 9.59 Å². The summed E-state index contributed by atoms with van der Waals surface area (Å²) in [5.74, 6) is -0.0997. The van der Waals surface area contributed by atoms with Crippen molar-refractivity contribution in [3.63, 3.8) is 0 Å². The Morgan fingerprint density at radius 1 is 1.15 bits per heavy atom. The number of aromatic nitrogens is 2. The van der Waals surface area contributed by atoms with Crippen LogP contribution in [0.3, 0.4) is 0 Å². The fraction of sp³-hybridized carbons (Fsp3) is 0.739. The lowest BCUT2D eigenvalue weighted by molar-refractivity contribution is -0.133. The molecule has 3 rings (SSSR count). The molecule has 34 heavy (non-hydrogen) atoms. The Balaban J connectivity index is 1.46. The predicted molar refractivity (Wildman–Crippen MR) is 132 cm³/mol. The third kappa shape index (κ3) is 6.63. The quantitative estimate of drug-likeness (QED) is 0.495. The number of carbonyl (C=O) groups is 2. The minimum absolute atomic E-state index is 0.0997. The van der Waals surface area contributed by atoms with Crippen LogP contribution in [-0.2, 0) is 18.8 Å². The second kappa shape index (κ2) is 10.0. The Morgan fingerprint density at radius 3 is 2.18 bits per heavy atom. The molecule has 0 aliphatic carbocycles. The second-order valence-corrected chi connectivity index (χ2v) is 12.2. The molecule has 1 aromatic rings. The molecule has 188 valence electrons. The summed E-state index contributed by atoms with van der Waals surface area (Å²) in [6.07, 6.45) is 4.61. The predicted octanol–water partition coefficient (Wildman–Crippen LogP) is 2.77. The standard InChI is InChI=1S/C23H37BN4O5S/c1-15(27-20(30)31-21(2,3)4)18(29)28-11-9-17(10-12-28)34-19-25-13-16(14-26-19)24-32-22(5,6)23(7,8)33-24/h13-15,17H,9-12H2,1-8H3,(H,27,30)/t15-/m1/s1. The van der Waals surface area contributed by atoms with Crippen molar-refractivity contribution in [1.29, 1.82) is 0 Å². The first kappa shape index (κ1) is 26.8. The van der Waals surface area contributed by atoms with Crippen molar-refractivity contribution in [2.24, 2.45) is 0 Å². The molecule has 0 radical (unpaired) electrons. The van der Waals surface area contributed by atoms with Crippen LogP contribution in [0.4, 0.5) is 4.79 Å². The van der Waals surface area contributed by atoms with Crippen LogP contribution in [0.2, 0.25) is 0 Å². The van der Waals surface area contributed by atoms with Gasteiger partial charge in [0.05, 0.1) is 11.2 Å². The van der Waals surface area contributed by atoms with Crippen LogP contribution in [0, 0.1) is 0 Å². The highest BCUT2D eigenvalue weighted by molar-refractivity contribution is 7.99. The Kier molecular flexibility index (Phi) is 7.89. The zero-order chi connectivity index (χ0) is 25.3. The van der Waals surface area contributed by atoms with E-state index in [1.165, 1.54) is 0 Å². The Labute approximate surface area is 207 Å². The maximum absolute atomic E-state index is 12.7. The number of amides is 2. The number of thioether (sulfide) groups is 1. The molecule has 1 N–H and O–H groups in total. The SMILES string of the molecule is C[C@@H](NC(=O)OC(C)(C)C)C(=O)N1CCC(Sc2ncc(B3OC(C)(C)C(C)(C)O3)cn2)CC1. The number of alkyl carbamates (subject to hydrolysis) is 1. The van der Waals surface area contributed by atoms with Crippen molar-refractivity contribution in [3.8, 4) is 0 Å². The first-order chi connectivity index (χ1) is 15.7. The molecule has 0 spiro atoms. The van der Waals surface area contributed by atoms with E-state index < -0.39 is 36.1 Å². The number of ether oxygens (including phenoxy) is 1. The summed E-state index contributed by atoms with van der Waals surface area (Å²) in [6.45, 7) is 16.4. The van der Waals surface area contributed by atoms with E-state index in [-0.39, 0.29) is 5.91 Å². The minimum Gasteiger partial charge on any atom is -0.444 e. The summed E-state index contributed by atoms with van der Waals surface area (Å²) in [6, 6.07) is -0.634. The topological polar surface area (TPSA) is 103 Å². The van der Waals surface area contributed by atoms with Gasteiger partial charge in [0.15, 0.2) is 5.16 Å². The van der Waals surface area contributed by atoms with E-state index in [4.69, 9.17) is 14.0 Å². The molecule has 1 aromatic heterocycles. The van der Waals surface area contributed by atoms with E-state index in [2.05, 4.69) is 15.3 Å². The van der Waals surface area contributed by atoms with Gasteiger partial charge in [0.25, 0.3) is 0 Å². The highest BCUT2D eigenvalue weighted by Gasteiger charge is 2.52. The van der Waals surface area contributed by atoms with Crippen molar-refractivity contribution in [1.82, 2.24) is 20.2 Å². The molecule has 0 aromatic carbocycles. The molecule has 2 amide bonds. The fourth-order valence-corrected chi connectivity index (χ4v) is 4.62. The van der Waals surface area contributed by atoms with Crippen LogP contribution >= 0.6 is 11.8 Å². The Bertz CT molecular complexity index is 866. The van der Waals surface area contributed by atoms with Crippen molar-refractivity contribution in [3.05, 3.63) is 12.4 Å². The molecule has 9 nitrogen and oxygen atoms in total. The molecular weight excluding hydrogens is 455 g/mol. The van der Waals surface area contributed by atoms with E-state index in [0.29, 0.717) is 23.5 Å². The zero-order valence-electron chi connectivity index (χ0n) is 21.5. The number of hydrogen-bond acceptors (Lipinski definition) is 8. The highest BCUT2D eigenvalue weighted by atomic mass is 32.2. The lowest BCUT2D eigenvalue weighted by Gasteiger charge is -2.33. The van der Waals surface area contributed by atoms with Gasteiger partial charge in [0.2, 0.25) is 5.91 Å². The van der Waals surface area contributed by atoms with E-state index in [1.807, 2.05) is 27.7 Å². The largest absolute Gasteiger partial charge is 0.498 e. The van der Waals surface area contributed by atoms with Crippen molar-refractivity contribution < 1.29 is 23.6 Å². The van der Waals surface area contributed by atoms with Gasteiger partial charge in [0.1, 0.15) is 11.6 Å². The molecule has 2 aliphatic heterocycles. The van der Waals surface area contributed by atoms with Crippen LogP contribution in [0.1, 0.15) is 68.2 Å². The third-order valence-corrected chi connectivity index (χ3v) is 7.53. The van der Waals surface area contributed by atoms with Crippen molar-refractivity contribution in [2.45, 2.75) is 101 Å². The van der Waals surface area contributed by atoms with Crippen LogP contribution in [0.25, 0.3) is 0 Å². The van der Waals surface area contributed by atoms with Gasteiger partial charge in [-0.1, -0.05) is 11.8 Å². The average molecular weight is 492 g/mol. The summed E-state index contributed by atoms with van der Waals surface area (Å²) in [5.41, 5.74) is -0.616. The van der Waals surface area contributed by atoms with Gasteiger partial charge in [-0.3, -0.25) is 4.79 Å². The van der Waals surface area contributed by atoms with Gasteiger partial charge < -0.3 is 24.3 Å². The monoisotopic (exact) mass is 492 g/mol. The van der Waals surface area contributed by atoms with Crippen LogP contribution in [-0.4, -0.2) is 75.2 Å². The van der Waals surface area contributed by atoms with Crippen LogP contribution in [0.5, 0.6) is 0 Å². The molecule has 0 unspecified atom stereocenters. The minimum atomic E-state index is -0.634. The number of nitrogens with one attached hydrogen (secondary N) is 1. The lowest BCUT2D eigenvalue weighted by Crippen LogP contribution is -2.50. The number of piperidine rings is 1. The highest BCUT2D eigenvalue weighted by Crippen LogP contribution is 2.36. The first-order valence-corrected chi connectivity index (χ1v) is 12.7. The van der Waals surface area contributed by atoms with Crippen LogP contribution < -0.4 is 10.8 Å². The van der Waals surface area contributed by atoms with E-state index in [1.54, 1.807) is 56.8 Å². The molecule has 0 saturated carbocycles. The van der Waals surface area contributed by atoms with Gasteiger partial charge in [-0.2, -0.15) is 0 Å². The molecule has 2 fully saturated rings. The zero-order valence-corrected chi connectivity index (χ0v) is 22.3. The molecule has 1 atom stereocenters. The number of hydrogen-bond donors (Lipinski definition) is 1. The summed E-state index contributed by atoms with van der Waals surface area (Å²) in [4.78, 5) is 35.5. The number of likely N-dealkylation sites (tertiary alicyclic amines) is 1. The van der Waals surface area contributed by atoms with Gasteiger partial charge in [-0.05, 0) is 68.2 Å².